The highest BCUT2D eigenvalue weighted by Crippen LogP contribution is 2.25. The summed E-state index contributed by atoms with van der Waals surface area (Å²) in [6, 6.07) is 0.103. The van der Waals surface area contributed by atoms with Gasteiger partial charge >= 0.3 is 0 Å². The molecule has 0 aliphatic carbocycles. The molecule has 0 fully saturated rings. The van der Waals surface area contributed by atoms with Crippen molar-refractivity contribution >= 4 is 15.9 Å². The van der Waals surface area contributed by atoms with Crippen molar-refractivity contribution in [2.24, 2.45) is 5.73 Å². The van der Waals surface area contributed by atoms with Crippen LogP contribution in [0.3, 0.4) is 0 Å². The van der Waals surface area contributed by atoms with Crippen molar-refractivity contribution in [3.8, 4) is 0 Å². The Hall–Kier alpha value is -0.350. The highest BCUT2D eigenvalue weighted by atomic mass is 79.9. The zero-order valence-corrected chi connectivity index (χ0v) is 15.4. The first kappa shape index (κ1) is 18.7. The lowest BCUT2D eigenvalue weighted by Crippen LogP contribution is -2.16. The molecule has 3 nitrogen and oxygen atoms in total. The molecule has 21 heavy (non-hydrogen) atoms. The molecule has 0 bridgehead atoms. The summed E-state index contributed by atoms with van der Waals surface area (Å²) in [5, 5.41) is 4.34. The van der Waals surface area contributed by atoms with E-state index < -0.39 is 0 Å². The Kier molecular flexibility index (Phi) is 10.0. The molecule has 1 rings (SSSR count). The Morgan fingerprint density at radius 2 is 1.62 bits per heavy atom. The van der Waals surface area contributed by atoms with Gasteiger partial charge in [-0.25, -0.2) is 0 Å². The largest absolute Gasteiger partial charge is 0.323 e. The number of nitrogens with zero attached hydrogens (tertiary/aromatic N) is 2. The molecular formula is C17H32BrN3. The second-order valence-electron chi connectivity index (χ2n) is 5.92. The van der Waals surface area contributed by atoms with Crippen molar-refractivity contribution in [3.63, 3.8) is 0 Å². The SMILES string of the molecule is CCCCCCCCCCCC(N)c1c(Br)cnn1CC. The molecule has 1 aromatic heterocycles. The summed E-state index contributed by atoms with van der Waals surface area (Å²) in [6.07, 6.45) is 15.1. The van der Waals surface area contributed by atoms with Gasteiger partial charge in [0.15, 0.2) is 0 Å². The number of unbranched alkanes of at least 4 members (excludes halogenated alkanes) is 8. The molecule has 1 aromatic rings. The second-order valence-corrected chi connectivity index (χ2v) is 6.77. The lowest BCUT2D eigenvalue weighted by Gasteiger charge is -2.14. The number of aromatic nitrogens is 2. The van der Waals surface area contributed by atoms with Gasteiger partial charge in [0.2, 0.25) is 0 Å². The van der Waals surface area contributed by atoms with Crippen LogP contribution in [0.5, 0.6) is 0 Å². The van der Waals surface area contributed by atoms with Gasteiger partial charge in [0.05, 0.1) is 16.4 Å². The van der Waals surface area contributed by atoms with Gasteiger partial charge in [0.1, 0.15) is 0 Å². The minimum atomic E-state index is 0.103. The quantitative estimate of drug-likeness (QED) is 0.495. The van der Waals surface area contributed by atoms with Crippen molar-refractivity contribution in [1.29, 1.82) is 0 Å². The van der Waals surface area contributed by atoms with Gasteiger partial charge in [-0.2, -0.15) is 5.10 Å². The average Bonchev–Trinajstić information content (AvgIpc) is 2.86. The standard InChI is InChI=1S/C17H32BrN3/c1-3-5-6-7-8-9-10-11-12-13-16(19)17-15(18)14-20-21(17)4-2/h14,16H,3-13,19H2,1-2H3. The molecule has 4 heteroatoms. The van der Waals surface area contributed by atoms with Crippen LogP contribution in [0.25, 0.3) is 0 Å². The normalized spacial score (nSPS) is 12.8. The van der Waals surface area contributed by atoms with E-state index in [1.54, 1.807) is 0 Å². The third kappa shape index (κ3) is 6.96. The predicted molar refractivity (Wildman–Crippen MR) is 94.4 cm³/mol. The molecule has 2 N–H and O–H groups in total. The van der Waals surface area contributed by atoms with E-state index in [1.165, 1.54) is 57.8 Å². The molecule has 1 unspecified atom stereocenters. The number of hydrogen-bond donors (Lipinski definition) is 1. The smallest absolute Gasteiger partial charge is 0.0693 e. The monoisotopic (exact) mass is 357 g/mol. The van der Waals surface area contributed by atoms with Gasteiger partial charge in [-0.3, -0.25) is 4.68 Å². The molecule has 122 valence electrons. The van der Waals surface area contributed by atoms with Crippen LogP contribution in [-0.4, -0.2) is 9.78 Å². The van der Waals surface area contributed by atoms with Gasteiger partial charge in [-0.1, -0.05) is 64.7 Å². The molecule has 0 amide bonds. The van der Waals surface area contributed by atoms with Crippen molar-refractivity contribution in [3.05, 3.63) is 16.4 Å². The maximum Gasteiger partial charge on any atom is 0.0693 e. The maximum absolute atomic E-state index is 6.32. The number of hydrogen-bond acceptors (Lipinski definition) is 2. The lowest BCUT2D eigenvalue weighted by atomic mass is 10.0. The Balaban J connectivity index is 2.11. The van der Waals surface area contributed by atoms with Crippen LogP contribution in [0, 0.1) is 0 Å². The van der Waals surface area contributed by atoms with Gasteiger partial charge < -0.3 is 5.73 Å². The van der Waals surface area contributed by atoms with Gasteiger partial charge in [0.25, 0.3) is 0 Å². The first-order chi connectivity index (χ1) is 10.2. The molecule has 0 aromatic carbocycles. The molecule has 1 heterocycles. The zero-order valence-electron chi connectivity index (χ0n) is 13.8. The van der Waals surface area contributed by atoms with Crippen LogP contribution in [0.2, 0.25) is 0 Å². The summed E-state index contributed by atoms with van der Waals surface area (Å²) >= 11 is 3.56. The minimum Gasteiger partial charge on any atom is -0.323 e. The van der Waals surface area contributed by atoms with Gasteiger partial charge in [0, 0.05) is 12.6 Å². The maximum atomic E-state index is 6.32. The van der Waals surface area contributed by atoms with Crippen LogP contribution in [0.1, 0.15) is 89.8 Å². The van der Waals surface area contributed by atoms with Gasteiger partial charge in [-0.05, 0) is 29.3 Å². The summed E-state index contributed by atoms with van der Waals surface area (Å²) in [5.41, 5.74) is 7.47. The Bertz CT molecular complexity index is 376. The van der Waals surface area contributed by atoms with Gasteiger partial charge in [-0.15, -0.1) is 0 Å². The van der Waals surface area contributed by atoms with Crippen LogP contribution < -0.4 is 5.73 Å². The second kappa shape index (κ2) is 11.2. The summed E-state index contributed by atoms with van der Waals surface area (Å²) in [4.78, 5) is 0. The zero-order chi connectivity index (χ0) is 15.5. The molecule has 0 saturated carbocycles. The van der Waals surface area contributed by atoms with Crippen LogP contribution >= 0.6 is 15.9 Å². The first-order valence-corrected chi connectivity index (χ1v) is 9.46. The van der Waals surface area contributed by atoms with E-state index in [0.29, 0.717) is 0 Å². The molecule has 0 radical (unpaired) electrons. The molecule has 1 atom stereocenters. The van der Waals surface area contributed by atoms with Crippen molar-refractivity contribution in [1.82, 2.24) is 9.78 Å². The summed E-state index contributed by atoms with van der Waals surface area (Å²) in [6.45, 7) is 5.26. The van der Waals surface area contributed by atoms with Crippen molar-refractivity contribution in [2.75, 3.05) is 0 Å². The Morgan fingerprint density at radius 1 is 1.05 bits per heavy atom. The average molecular weight is 358 g/mol. The van der Waals surface area contributed by atoms with Crippen LogP contribution in [-0.2, 0) is 6.54 Å². The number of rotatable bonds is 12. The fourth-order valence-electron chi connectivity index (χ4n) is 2.80. The molecule has 0 aliphatic rings. The Morgan fingerprint density at radius 3 is 2.19 bits per heavy atom. The van der Waals surface area contributed by atoms with E-state index in [0.717, 1.165) is 23.1 Å². The van der Waals surface area contributed by atoms with E-state index >= 15 is 0 Å². The summed E-state index contributed by atoms with van der Waals surface area (Å²) in [5.74, 6) is 0. The molecule has 0 spiro atoms. The topological polar surface area (TPSA) is 43.8 Å². The predicted octanol–water partition coefficient (Wildman–Crippen LogP) is 5.59. The Labute approximate surface area is 138 Å². The number of aryl methyl sites for hydroxylation is 1. The van der Waals surface area contributed by atoms with Crippen molar-refractivity contribution in [2.45, 2.75) is 90.6 Å². The summed E-state index contributed by atoms with van der Waals surface area (Å²) in [7, 11) is 0. The van der Waals surface area contributed by atoms with E-state index in [4.69, 9.17) is 5.73 Å². The van der Waals surface area contributed by atoms with E-state index in [1.807, 2.05) is 10.9 Å². The number of halogens is 1. The fourth-order valence-corrected chi connectivity index (χ4v) is 3.39. The van der Waals surface area contributed by atoms with E-state index in [9.17, 15) is 0 Å². The van der Waals surface area contributed by atoms with E-state index in [2.05, 4.69) is 34.9 Å². The van der Waals surface area contributed by atoms with Crippen LogP contribution in [0.15, 0.2) is 10.7 Å². The van der Waals surface area contributed by atoms with E-state index in [-0.39, 0.29) is 6.04 Å². The molecule has 0 aliphatic heterocycles. The highest BCUT2D eigenvalue weighted by Gasteiger charge is 2.15. The minimum absolute atomic E-state index is 0.103. The fraction of sp³-hybridized carbons (Fsp3) is 0.824. The van der Waals surface area contributed by atoms with Crippen molar-refractivity contribution < 1.29 is 0 Å². The lowest BCUT2D eigenvalue weighted by molar-refractivity contribution is 0.503. The molecular weight excluding hydrogens is 326 g/mol. The number of nitrogens with two attached hydrogens (primary N) is 1. The van der Waals surface area contributed by atoms with Crippen LogP contribution in [0.4, 0.5) is 0 Å². The summed E-state index contributed by atoms with van der Waals surface area (Å²) < 4.78 is 3.05. The first-order valence-electron chi connectivity index (χ1n) is 8.67. The third-order valence-electron chi connectivity index (χ3n) is 4.10. The third-order valence-corrected chi connectivity index (χ3v) is 4.71. The highest BCUT2D eigenvalue weighted by molar-refractivity contribution is 9.10. The molecule has 0 saturated heterocycles.